The lowest BCUT2D eigenvalue weighted by atomic mass is 9.95. The SMILES string of the molecule is CC(O)(CNC(=O)Cn1ccccc1=O)c1ccc(F)cc1F. The summed E-state index contributed by atoms with van der Waals surface area (Å²) >= 11 is 0. The number of aliphatic hydroxyl groups is 1. The number of nitrogens with one attached hydrogen (secondary N) is 1. The molecule has 1 aromatic heterocycles. The van der Waals surface area contributed by atoms with Crippen LogP contribution in [0.5, 0.6) is 0 Å². The molecule has 1 atom stereocenters. The van der Waals surface area contributed by atoms with Crippen molar-refractivity contribution in [2.24, 2.45) is 0 Å². The van der Waals surface area contributed by atoms with Gasteiger partial charge in [0.2, 0.25) is 5.91 Å². The van der Waals surface area contributed by atoms with Crippen LogP contribution in [0.2, 0.25) is 0 Å². The van der Waals surface area contributed by atoms with E-state index < -0.39 is 23.1 Å². The molecule has 2 rings (SSSR count). The van der Waals surface area contributed by atoms with Crippen molar-refractivity contribution in [3.63, 3.8) is 0 Å². The van der Waals surface area contributed by atoms with E-state index in [1.165, 1.54) is 23.8 Å². The number of carbonyl (C=O) groups excluding carboxylic acids is 1. The molecule has 0 radical (unpaired) electrons. The molecule has 1 amide bonds. The number of amides is 1. The van der Waals surface area contributed by atoms with E-state index in [0.29, 0.717) is 6.07 Å². The highest BCUT2D eigenvalue weighted by Crippen LogP contribution is 2.23. The van der Waals surface area contributed by atoms with Gasteiger partial charge in [0.15, 0.2) is 0 Å². The normalized spacial score (nSPS) is 13.4. The molecule has 0 fully saturated rings. The molecule has 0 saturated carbocycles. The maximum absolute atomic E-state index is 13.7. The summed E-state index contributed by atoms with van der Waals surface area (Å²) in [5.41, 5.74) is -2.18. The third kappa shape index (κ3) is 4.23. The van der Waals surface area contributed by atoms with Gasteiger partial charge in [0.25, 0.3) is 5.56 Å². The van der Waals surface area contributed by atoms with E-state index in [0.717, 1.165) is 12.1 Å². The van der Waals surface area contributed by atoms with Crippen LogP contribution in [-0.2, 0) is 16.9 Å². The molecule has 1 aromatic carbocycles. The van der Waals surface area contributed by atoms with E-state index in [1.807, 2.05) is 0 Å². The van der Waals surface area contributed by atoms with Gasteiger partial charge in [-0.05, 0) is 19.1 Å². The monoisotopic (exact) mass is 322 g/mol. The minimum Gasteiger partial charge on any atom is -0.383 e. The maximum atomic E-state index is 13.7. The Kier molecular flexibility index (Phi) is 4.90. The predicted molar refractivity (Wildman–Crippen MR) is 79.6 cm³/mol. The van der Waals surface area contributed by atoms with Gasteiger partial charge in [-0.2, -0.15) is 0 Å². The molecular formula is C16H16F2N2O3. The zero-order valence-corrected chi connectivity index (χ0v) is 12.4. The van der Waals surface area contributed by atoms with Gasteiger partial charge in [0, 0.05) is 23.9 Å². The lowest BCUT2D eigenvalue weighted by Gasteiger charge is -2.24. The van der Waals surface area contributed by atoms with Crippen LogP contribution in [0.3, 0.4) is 0 Å². The number of hydrogen-bond donors (Lipinski definition) is 2. The van der Waals surface area contributed by atoms with Gasteiger partial charge in [-0.3, -0.25) is 9.59 Å². The molecule has 0 aliphatic rings. The molecular weight excluding hydrogens is 306 g/mol. The first kappa shape index (κ1) is 16.8. The zero-order valence-electron chi connectivity index (χ0n) is 12.4. The van der Waals surface area contributed by atoms with Crippen LogP contribution in [0.1, 0.15) is 12.5 Å². The van der Waals surface area contributed by atoms with Crippen molar-refractivity contribution in [1.29, 1.82) is 0 Å². The summed E-state index contributed by atoms with van der Waals surface area (Å²) in [5, 5.41) is 12.7. The first-order valence-electron chi connectivity index (χ1n) is 6.90. The van der Waals surface area contributed by atoms with Crippen LogP contribution in [0.15, 0.2) is 47.4 Å². The van der Waals surface area contributed by atoms with Crippen molar-refractivity contribution in [3.05, 3.63) is 70.1 Å². The van der Waals surface area contributed by atoms with E-state index in [4.69, 9.17) is 0 Å². The van der Waals surface area contributed by atoms with Gasteiger partial charge in [-0.1, -0.05) is 12.1 Å². The molecule has 0 aliphatic heterocycles. The van der Waals surface area contributed by atoms with Crippen molar-refractivity contribution >= 4 is 5.91 Å². The van der Waals surface area contributed by atoms with Crippen LogP contribution >= 0.6 is 0 Å². The first-order valence-corrected chi connectivity index (χ1v) is 6.90. The average Bonchev–Trinajstić information content (AvgIpc) is 2.47. The minimum absolute atomic E-state index is 0.129. The van der Waals surface area contributed by atoms with Crippen LogP contribution in [0.25, 0.3) is 0 Å². The van der Waals surface area contributed by atoms with Gasteiger partial charge in [0.1, 0.15) is 23.8 Å². The van der Waals surface area contributed by atoms with Gasteiger partial charge in [-0.25, -0.2) is 8.78 Å². The van der Waals surface area contributed by atoms with Crippen LogP contribution < -0.4 is 10.9 Å². The highest BCUT2D eigenvalue weighted by atomic mass is 19.1. The summed E-state index contributed by atoms with van der Waals surface area (Å²) < 4.78 is 27.8. The van der Waals surface area contributed by atoms with Crippen molar-refractivity contribution in [1.82, 2.24) is 9.88 Å². The summed E-state index contributed by atoms with van der Waals surface area (Å²) in [4.78, 5) is 23.3. The fourth-order valence-corrected chi connectivity index (χ4v) is 2.09. The lowest BCUT2D eigenvalue weighted by molar-refractivity contribution is -0.123. The maximum Gasteiger partial charge on any atom is 0.250 e. The summed E-state index contributed by atoms with van der Waals surface area (Å²) in [6, 6.07) is 7.29. The average molecular weight is 322 g/mol. The summed E-state index contributed by atoms with van der Waals surface area (Å²) in [6.07, 6.45) is 1.46. The Bertz CT molecular complexity index is 772. The Morgan fingerprint density at radius 2 is 2.04 bits per heavy atom. The molecule has 0 bridgehead atoms. The van der Waals surface area contributed by atoms with E-state index >= 15 is 0 Å². The van der Waals surface area contributed by atoms with Gasteiger partial charge in [0.05, 0.1) is 6.54 Å². The summed E-state index contributed by atoms with van der Waals surface area (Å²) in [7, 11) is 0. The highest BCUT2D eigenvalue weighted by molar-refractivity contribution is 5.75. The standard InChI is InChI=1S/C16H16F2N2O3/c1-16(23,12-6-5-11(17)8-13(12)18)10-19-14(21)9-20-7-3-2-4-15(20)22/h2-8,23H,9-10H2,1H3,(H,19,21). The second kappa shape index (κ2) is 6.70. The van der Waals surface area contributed by atoms with Crippen LogP contribution in [0, 0.1) is 11.6 Å². The molecule has 5 nitrogen and oxygen atoms in total. The Morgan fingerprint density at radius 3 is 2.70 bits per heavy atom. The number of benzene rings is 1. The molecule has 0 aliphatic carbocycles. The minimum atomic E-state index is -1.71. The van der Waals surface area contributed by atoms with E-state index in [9.17, 15) is 23.5 Å². The van der Waals surface area contributed by atoms with Crippen LogP contribution in [-0.4, -0.2) is 22.1 Å². The Labute approximate surface area is 131 Å². The van der Waals surface area contributed by atoms with Crippen LogP contribution in [0.4, 0.5) is 8.78 Å². The highest BCUT2D eigenvalue weighted by Gasteiger charge is 2.27. The number of rotatable bonds is 5. The summed E-state index contributed by atoms with van der Waals surface area (Å²) in [6.45, 7) is 0.801. The molecule has 2 N–H and O–H groups in total. The Balaban J connectivity index is 2.02. The molecule has 122 valence electrons. The van der Waals surface area contributed by atoms with Crippen molar-refractivity contribution < 1.29 is 18.7 Å². The molecule has 1 heterocycles. The third-order valence-electron chi connectivity index (χ3n) is 3.35. The third-order valence-corrected chi connectivity index (χ3v) is 3.35. The Morgan fingerprint density at radius 1 is 1.30 bits per heavy atom. The number of nitrogens with zero attached hydrogens (tertiary/aromatic N) is 1. The van der Waals surface area contributed by atoms with E-state index in [1.54, 1.807) is 12.1 Å². The zero-order chi connectivity index (χ0) is 17.0. The quantitative estimate of drug-likeness (QED) is 0.867. The van der Waals surface area contributed by atoms with Gasteiger partial charge in [-0.15, -0.1) is 0 Å². The van der Waals surface area contributed by atoms with Crippen molar-refractivity contribution in [2.75, 3.05) is 6.54 Å². The smallest absolute Gasteiger partial charge is 0.250 e. The van der Waals surface area contributed by atoms with E-state index in [-0.39, 0.29) is 24.2 Å². The van der Waals surface area contributed by atoms with E-state index in [2.05, 4.69) is 5.32 Å². The fraction of sp³-hybridized carbons (Fsp3) is 0.250. The van der Waals surface area contributed by atoms with Crippen molar-refractivity contribution in [3.8, 4) is 0 Å². The molecule has 1 unspecified atom stereocenters. The predicted octanol–water partition coefficient (Wildman–Crippen LogP) is 1.15. The number of halogens is 2. The molecule has 2 aromatic rings. The second-order valence-corrected chi connectivity index (χ2v) is 5.34. The summed E-state index contributed by atoms with van der Waals surface area (Å²) in [5.74, 6) is -2.17. The number of aromatic nitrogens is 1. The molecule has 0 spiro atoms. The second-order valence-electron chi connectivity index (χ2n) is 5.34. The first-order chi connectivity index (χ1) is 10.8. The Hall–Kier alpha value is -2.54. The number of carbonyl (C=O) groups is 1. The largest absolute Gasteiger partial charge is 0.383 e. The molecule has 0 saturated heterocycles. The fourth-order valence-electron chi connectivity index (χ4n) is 2.09. The lowest BCUT2D eigenvalue weighted by Crippen LogP contribution is -2.41. The number of pyridine rings is 1. The molecule has 7 heteroatoms. The topological polar surface area (TPSA) is 71.3 Å². The van der Waals surface area contributed by atoms with Gasteiger partial charge < -0.3 is 15.0 Å². The number of hydrogen-bond acceptors (Lipinski definition) is 3. The molecule has 23 heavy (non-hydrogen) atoms. The van der Waals surface area contributed by atoms with Gasteiger partial charge >= 0.3 is 0 Å². The van der Waals surface area contributed by atoms with Crippen molar-refractivity contribution in [2.45, 2.75) is 19.1 Å².